The van der Waals surface area contributed by atoms with Crippen molar-refractivity contribution < 1.29 is 14.9 Å². The number of piperidine rings is 1. The highest BCUT2D eigenvalue weighted by atomic mass is 35.5. The van der Waals surface area contributed by atoms with E-state index in [4.69, 9.17) is 16.3 Å². The number of benzene rings is 1. The van der Waals surface area contributed by atoms with E-state index < -0.39 is 6.10 Å². The molecule has 5 atom stereocenters. The van der Waals surface area contributed by atoms with Gasteiger partial charge >= 0.3 is 0 Å². The van der Waals surface area contributed by atoms with Gasteiger partial charge in [-0.1, -0.05) is 23.8 Å². The molecule has 0 saturated carbocycles. The van der Waals surface area contributed by atoms with Crippen molar-refractivity contribution in [2.45, 2.75) is 36.5 Å². The third-order valence-electron chi connectivity index (χ3n) is 5.75. The summed E-state index contributed by atoms with van der Waals surface area (Å²) in [5, 5.41) is 24.8. The van der Waals surface area contributed by atoms with Crippen LogP contribution in [0.1, 0.15) is 17.5 Å². The highest BCUT2D eigenvalue weighted by molar-refractivity contribution is 6.31. The number of hydrogen-bond acceptors (Lipinski definition) is 4. The second-order valence-electron chi connectivity index (χ2n) is 6.56. The largest absolute Gasteiger partial charge is 0.504 e. The molecule has 1 fully saturated rings. The fourth-order valence-electron chi connectivity index (χ4n) is 5.02. The summed E-state index contributed by atoms with van der Waals surface area (Å²) in [6.07, 6.45) is 4.72. The number of aromatic hydroxyl groups is 1. The highest BCUT2D eigenvalue weighted by Crippen LogP contribution is 2.62. The van der Waals surface area contributed by atoms with Gasteiger partial charge in [0.25, 0.3) is 0 Å². The lowest BCUT2D eigenvalue weighted by atomic mass is 9.54. The number of phenolic OH excluding ortho intramolecular Hbond substituents is 1. The van der Waals surface area contributed by atoms with E-state index in [0.29, 0.717) is 16.8 Å². The maximum Gasteiger partial charge on any atom is 0.165 e. The van der Waals surface area contributed by atoms with Gasteiger partial charge in [-0.2, -0.15) is 0 Å². The lowest BCUT2D eigenvalue weighted by molar-refractivity contribution is -0.0177. The molecule has 0 unspecified atom stereocenters. The normalized spacial score (nSPS) is 41.6. The zero-order valence-electron chi connectivity index (χ0n) is 11.3. The molecule has 1 aromatic rings. The van der Waals surface area contributed by atoms with Crippen molar-refractivity contribution in [3.8, 4) is 11.5 Å². The molecule has 21 heavy (non-hydrogen) atoms. The molecular formula is C16H16ClNO3. The quantitative estimate of drug-likeness (QED) is 0.636. The van der Waals surface area contributed by atoms with Crippen LogP contribution in [0.4, 0.5) is 0 Å². The summed E-state index contributed by atoms with van der Waals surface area (Å²) in [6, 6.07) is 1.88. The van der Waals surface area contributed by atoms with Crippen LogP contribution in [0.5, 0.6) is 11.5 Å². The Balaban J connectivity index is 1.88. The van der Waals surface area contributed by atoms with E-state index in [-0.39, 0.29) is 23.2 Å². The average Bonchev–Trinajstić information content (AvgIpc) is 2.78. The lowest BCUT2D eigenvalue weighted by Gasteiger charge is -2.53. The molecule has 110 valence electrons. The van der Waals surface area contributed by atoms with E-state index in [1.807, 2.05) is 6.08 Å². The minimum Gasteiger partial charge on any atom is -0.504 e. The number of ether oxygens (including phenoxy) is 1. The van der Waals surface area contributed by atoms with Crippen LogP contribution in [0.15, 0.2) is 18.2 Å². The zero-order chi connectivity index (χ0) is 14.4. The minimum atomic E-state index is -0.642. The Morgan fingerprint density at radius 1 is 1.38 bits per heavy atom. The summed E-state index contributed by atoms with van der Waals surface area (Å²) >= 11 is 6.39. The fourth-order valence-corrected chi connectivity index (χ4v) is 5.29. The second kappa shape index (κ2) is 3.75. The lowest BCUT2D eigenvalue weighted by Crippen LogP contribution is -2.64. The van der Waals surface area contributed by atoms with Gasteiger partial charge in [0.2, 0.25) is 0 Å². The van der Waals surface area contributed by atoms with Gasteiger partial charge in [-0.3, -0.25) is 0 Å². The Morgan fingerprint density at radius 2 is 2.24 bits per heavy atom. The molecule has 1 saturated heterocycles. The van der Waals surface area contributed by atoms with Crippen molar-refractivity contribution in [2.24, 2.45) is 5.92 Å². The molecule has 0 aromatic heterocycles. The molecule has 1 aromatic carbocycles. The molecule has 4 aliphatic rings. The number of hydrogen-bond donors (Lipinski definition) is 3. The van der Waals surface area contributed by atoms with Crippen LogP contribution in [0, 0.1) is 5.92 Å². The van der Waals surface area contributed by atoms with Gasteiger partial charge < -0.3 is 20.3 Å². The summed E-state index contributed by atoms with van der Waals surface area (Å²) in [7, 11) is 0. The average molecular weight is 306 g/mol. The molecule has 5 rings (SSSR count). The molecule has 3 N–H and O–H groups in total. The summed E-state index contributed by atoms with van der Waals surface area (Å²) in [5.74, 6) is 0.907. The van der Waals surface area contributed by atoms with Gasteiger partial charge in [0.05, 0.1) is 0 Å². The number of halogens is 1. The van der Waals surface area contributed by atoms with Crippen molar-refractivity contribution in [3.63, 3.8) is 0 Å². The molecular weight excluding hydrogens is 290 g/mol. The molecule has 2 aliphatic carbocycles. The predicted octanol–water partition coefficient (Wildman–Crippen LogP) is 1.51. The zero-order valence-corrected chi connectivity index (χ0v) is 12.1. The van der Waals surface area contributed by atoms with Crippen LogP contribution in [-0.4, -0.2) is 35.0 Å². The SMILES string of the molecule is Oc1cc(Cl)c2c3c1O[C@H]1[C@@H](O)C=C[C@H]4[C@@H](C2)NCC[C@@]341. The van der Waals surface area contributed by atoms with Crippen molar-refractivity contribution in [1.82, 2.24) is 5.32 Å². The van der Waals surface area contributed by atoms with Crippen LogP contribution in [0.3, 0.4) is 0 Å². The first-order valence-corrected chi connectivity index (χ1v) is 7.82. The molecule has 1 spiro atoms. The van der Waals surface area contributed by atoms with Gasteiger partial charge in [-0.15, -0.1) is 0 Å². The fraction of sp³-hybridized carbons (Fsp3) is 0.500. The monoisotopic (exact) mass is 305 g/mol. The van der Waals surface area contributed by atoms with Gasteiger partial charge in [0, 0.05) is 34.0 Å². The van der Waals surface area contributed by atoms with Gasteiger partial charge in [0.1, 0.15) is 12.2 Å². The Bertz CT molecular complexity index is 689. The van der Waals surface area contributed by atoms with E-state index in [2.05, 4.69) is 11.4 Å². The first-order valence-electron chi connectivity index (χ1n) is 7.44. The smallest absolute Gasteiger partial charge is 0.165 e. The Hall–Kier alpha value is -1.23. The Labute approximate surface area is 127 Å². The predicted molar refractivity (Wildman–Crippen MR) is 78.0 cm³/mol. The number of phenols is 1. The third-order valence-corrected chi connectivity index (χ3v) is 6.09. The first-order chi connectivity index (χ1) is 10.1. The Kier molecular flexibility index (Phi) is 2.20. The third kappa shape index (κ3) is 1.26. The molecule has 2 heterocycles. The molecule has 0 amide bonds. The number of aliphatic hydroxyl groups excluding tert-OH is 1. The van der Waals surface area contributed by atoms with Crippen LogP contribution in [0.25, 0.3) is 0 Å². The second-order valence-corrected chi connectivity index (χ2v) is 6.96. The molecule has 2 aliphatic heterocycles. The summed E-state index contributed by atoms with van der Waals surface area (Å²) in [4.78, 5) is 0. The van der Waals surface area contributed by atoms with E-state index in [1.165, 1.54) is 0 Å². The summed E-state index contributed by atoms with van der Waals surface area (Å²) < 4.78 is 6.04. The van der Waals surface area contributed by atoms with E-state index in [1.54, 1.807) is 6.07 Å². The van der Waals surface area contributed by atoms with Crippen molar-refractivity contribution in [3.05, 3.63) is 34.4 Å². The van der Waals surface area contributed by atoms with E-state index in [9.17, 15) is 10.2 Å². The van der Waals surface area contributed by atoms with Gasteiger partial charge in [-0.25, -0.2) is 0 Å². The van der Waals surface area contributed by atoms with Gasteiger partial charge in [0.15, 0.2) is 11.5 Å². The maximum absolute atomic E-state index is 10.4. The molecule has 0 radical (unpaired) electrons. The minimum absolute atomic E-state index is 0.0884. The molecule has 4 nitrogen and oxygen atoms in total. The standard InChI is InChI=1S/C16H16ClNO3/c17-9-6-12(20)14-13-7(9)5-10-8-1-2-11(19)15(21-14)16(8,13)3-4-18-10/h1-2,6,8,10-11,15,18-20H,3-5H2/t8-,10+,11-,15-,16-/m0/s1. The molecule has 2 bridgehead atoms. The van der Waals surface area contributed by atoms with Gasteiger partial charge in [-0.05, 0) is 24.9 Å². The first kappa shape index (κ1) is 12.3. The van der Waals surface area contributed by atoms with Crippen molar-refractivity contribution in [1.29, 1.82) is 0 Å². The molecule has 5 heteroatoms. The van der Waals surface area contributed by atoms with Crippen LogP contribution >= 0.6 is 11.6 Å². The summed E-state index contributed by atoms with van der Waals surface area (Å²) in [5.41, 5.74) is 1.86. The topological polar surface area (TPSA) is 61.7 Å². The Morgan fingerprint density at radius 3 is 3.10 bits per heavy atom. The number of rotatable bonds is 0. The van der Waals surface area contributed by atoms with Crippen LogP contribution < -0.4 is 10.1 Å². The van der Waals surface area contributed by atoms with Crippen molar-refractivity contribution >= 4 is 11.6 Å². The summed E-state index contributed by atoms with van der Waals surface area (Å²) in [6.45, 7) is 0.897. The number of aliphatic hydroxyl groups is 1. The maximum atomic E-state index is 10.4. The van der Waals surface area contributed by atoms with E-state index in [0.717, 1.165) is 30.5 Å². The van der Waals surface area contributed by atoms with Crippen LogP contribution in [0.2, 0.25) is 5.02 Å². The van der Waals surface area contributed by atoms with Crippen LogP contribution in [-0.2, 0) is 11.8 Å². The van der Waals surface area contributed by atoms with Crippen molar-refractivity contribution in [2.75, 3.05) is 6.54 Å². The van der Waals surface area contributed by atoms with E-state index >= 15 is 0 Å². The number of nitrogens with one attached hydrogen (secondary N) is 1. The highest BCUT2D eigenvalue weighted by Gasteiger charge is 2.63.